The van der Waals surface area contributed by atoms with Crippen LogP contribution in [0.2, 0.25) is 0 Å². The van der Waals surface area contributed by atoms with E-state index < -0.39 is 5.97 Å². The van der Waals surface area contributed by atoms with Gasteiger partial charge in [-0.15, -0.1) is 11.6 Å². The van der Waals surface area contributed by atoms with E-state index in [0.717, 1.165) is 25.7 Å². The van der Waals surface area contributed by atoms with Gasteiger partial charge >= 0.3 is 51.4 Å². The molecule has 1 atom stereocenters. The van der Waals surface area contributed by atoms with Gasteiger partial charge in [0.05, 0.1) is 0 Å². The fourth-order valence-electron chi connectivity index (χ4n) is 0.899. The molecule has 0 bridgehead atoms. The number of halogens is 1. The van der Waals surface area contributed by atoms with E-state index in [1.165, 1.54) is 0 Å². The summed E-state index contributed by atoms with van der Waals surface area (Å²) in [6.45, 7) is 2.10. The van der Waals surface area contributed by atoms with Crippen molar-refractivity contribution in [3.8, 4) is 0 Å². The average Bonchev–Trinajstić information content (AvgIpc) is 1.86. The molecule has 0 saturated carbocycles. The molecule has 0 aromatic rings. The number of unbranched alkanes of at least 4 members (excludes halogenated alkanes) is 2. The van der Waals surface area contributed by atoms with E-state index in [-0.39, 0.29) is 63.2 Å². The Kier molecular flexibility index (Phi) is 13.8. The van der Waals surface area contributed by atoms with Gasteiger partial charge in [0.15, 0.2) is 0 Å². The standard InChI is InChI=1S/C8H15ClO2.K/c1-2-3-4-5-7(9)6-8(10)11;/h7H,2-6H2,1H3,(H,10,11);/q;+1/p-1. The van der Waals surface area contributed by atoms with Crippen molar-refractivity contribution in [3.63, 3.8) is 0 Å². The van der Waals surface area contributed by atoms with E-state index in [1.54, 1.807) is 0 Å². The van der Waals surface area contributed by atoms with E-state index in [2.05, 4.69) is 6.92 Å². The zero-order valence-corrected chi connectivity index (χ0v) is 11.7. The minimum absolute atomic E-state index is 0. The van der Waals surface area contributed by atoms with Crippen molar-refractivity contribution in [3.05, 3.63) is 0 Å². The summed E-state index contributed by atoms with van der Waals surface area (Å²) in [5.41, 5.74) is 0. The van der Waals surface area contributed by atoms with Crippen LogP contribution in [-0.2, 0) is 4.79 Å². The SMILES string of the molecule is CCCCCC(Cl)CC(=O)[O-].[K+]. The van der Waals surface area contributed by atoms with Crippen molar-refractivity contribution < 1.29 is 61.3 Å². The third-order valence-corrected chi connectivity index (χ3v) is 1.88. The summed E-state index contributed by atoms with van der Waals surface area (Å²) in [5.74, 6) is -1.05. The number of alkyl halides is 1. The molecule has 0 aromatic heterocycles. The zero-order chi connectivity index (χ0) is 8.69. The molecule has 12 heavy (non-hydrogen) atoms. The molecule has 2 nitrogen and oxygen atoms in total. The Hall–Kier alpha value is 1.40. The second-order valence-electron chi connectivity index (χ2n) is 2.67. The third-order valence-electron chi connectivity index (χ3n) is 1.51. The van der Waals surface area contributed by atoms with Crippen LogP contribution in [0.4, 0.5) is 0 Å². The molecule has 0 radical (unpaired) electrons. The van der Waals surface area contributed by atoms with Crippen LogP contribution in [0.5, 0.6) is 0 Å². The van der Waals surface area contributed by atoms with Gasteiger partial charge in [-0.1, -0.05) is 26.2 Å². The predicted molar refractivity (Wildman–Crippen MR) is 43.4 cm³/mol. The Morgan fingerprint density at radius 2 is 2.08 bits per heavy atom. The number of hydrogen-bond acceptors (Lipinski definition) is 2. The van der Waals surface area contributed by atoms with Crippen molar-refractivity contribution in [2.24, 2.45) is 0 Å². The normalized spacial score (nSPS) is 11.8. The quantitative estimate of drug-likeness (QED) is 0.302. The molecule has 0 spiro atoms. The van der Waals surface area contributed by atoms with Crippen LogP contribution in [0.1, 0.15) is 39.0 Å². The molecule has 4 heteroatoms. The van der Waals surface area contributed by atoms with Crippen LogP contribution < -0.4 is 56.5 Å². The van der Waals surface area contributed by atoms with Gasteiger partial charge in [0, 0.05) is 17.8 Å². The Morgan fingerprint density at radius 3 is 2.50 bits per heavy atom. The van der Waals surface area contributed by atoms with E-state index in [9.17, 15) is 9.90 Å². The third kappa shape index (κ3) is 11.4. The maximum absolute atomic E-state index is 10.0. The van der Waals surface area contributed by atoms with Gasteiger partial charge in [-0.2, -0.15) is 0 Å². The number of carboxylic acid groups (broad SMARTS) is 1. The molecule has 0 amide bonds. The largest absolute Gasteiger partial charge is 1.00 e. The van der Waals surface area contributed by atoms with E-state index in [1.807, 2.05) is 0 Å². The van der Waals surface area contributed by atoms with Gasteiger partial charge < -0.3 is 9.90 Å². The monoisotopic (exact) mass is 216 g/mol. The molecule has 0 aliphatic rings. The first-order chi connectivity index (χ1) is 5.16. The number of rotatable bonds is 6. The van der Waals surface area contributed by atoms with E-state index in [4.69, 9.17) is 11.6 Å². The second-order valence-corrected chi connectivity index (χ2v) is 3.29. The van der Waals surface area contributed by atoms with Crippen LogP contribution in [0.3, 0.4) is 0 Å². The molecular weight excluding hydrogens is 203 g/mol. The maximum atomic E-state index is 10.0. The number of carbonyl (C=O) groups is 1. The van der Waals surface area contributed by atoms with Gasteiger partial charge in [-0.3, -0.25) is 0 Å². The van der Waals surface area contributed by atoms with Crippen molar-refractivity contribution in [2.75, 3.05) is 0 Å². The van der Waals surface area contributed by atoms with Crippen LogP contribution in [-0.4, -0.2) is 11.3 Å². The first kappa shape index (κ1) is 15.9. The molecule has 0 fully saturated rings. The summed E-state index contributed by atoms with van der Waals surface area (Å²) in [4.78, 5) is 10.0. The van der Waals surface area contributed by atoms with Gasteiger partial charge in [-0.25, -0.2) is 0 Å². The fourth-order valence-corrected chi connectivity index (χ4v) is 1.18. The Bertz CT molecular complexity index is 120. The molecular formula is C8H14ClKO2. The first-order valence-corrected chi connectivity index (χ1v) is 4.44. The maximum Gasteiger partial charge on any atom is 1.00 e. The molecule has 0 rings (SSSR count). The summed E-state index contributed by atoms with van der Waals surface area (Å²) >= 11 is 5.69. The molecule has 66 valence electrons. The number of carboxylic acids is 1. The molecule has 0 N–H and O–H groups in total. The second kappa shape index (κ2) is 10.5. The fraction of sp³-hybridized carbons (Fsp3) is 0.875. The number of carbonyl (C=O) groups excluding carboxylic acids is 1. The molecule has 0 aliphatic carbocycles. The van der Waals surface area contributed by atoms with Gasteiger partial charge in [0.2, 0.25) is 0 Å². The van der Waals surface area contributed by atoms with Gasteiger partial charge in [0.25, 0.3) is 0 Å². The van der Waals surface area contributed by atoms with Crippen molar-refractivity contribution in [1.82, 2.24) is 0 Å². The molecule has 1 unspecified atom stereocenters. The zero-order valence-electron chi connectivity index (χ0n) is 7.81. The van der Waals surface area contributed by atoms with Crippen molar-refractivity contribution in [2.45, 2.75) is 44.4 Å². The Labute approximate surface area is 121 Å². The minimum atomic E-state index is -1.05. The first-order valence-electron chi connectivity index (χ1n) is 4.00. The molecule has 0 saturated heterocycles. The van der Waals surface area contributed by atoms with Crippen LogP contribution >= 0.6 is 11.6 Å². The number of hydrogen-bond donors (Lipinski definition) is 0. The summed E-state index contributed by atoms with van der Waals surface area (Å²) < 4.78 is 0. The van der Waals surface area contributed by atoms with Gasteiger partial charge in [-0.05, 0) is 6.42 Å². The smallest absolute Gasteiger partial charge is 0.550 e. The summed E-state index contributed by atoms with van der Waals surface area (Å²) in [7, 11) is 0. The summed E-state index contributed by atoms with van der Waals surface area (Å²) in [6, 6.07) is 0. The van der Waals surface area contributed by atoms with Crippen LogP contribution in [0.15, 0.2) is 0 Å². The number of aliphatic carboxylic acids is 1. The van der Waals surface area contributed by atoms with Crippen molar-refractivity contribution >= 4 is 17.6 Å². The molecule has 0 heterocycles. The molecule has 0 aromatic carbocycles. The summed E-state index contributed by atoms with van der Waals surface area (Å²) in [6.07, 6.45) is 4.03. The van der Waals surface area contributed by atoms with E-state index in [0.29, 0.717) is 0 Å². The van der Waals surface area contributed by atoms with Crippen LogP contribution in [0, 0.1) is 0 Å². The molecule has 0 aliphatic heterocycles. The van der Waals surface area contributed by atoms with E-state index >= 15 is 0 Å². The minimum Gasteiger partial charge on any atom is -0.550 e. The average molecular weight is 217 g/mol. The van der Waals surface area contributed by atoms with Crippen LogP contribution in [0.25, 0.3) is 0 Å². The Morgan fingerprint density at radius 1 is 1.50 bits per heavy atom. The van der Waals surface area contributed by atoms with Gasteiger partial charge in [0.1, 0.15) is 0 Å². The predicted octanol–water partition coefficient (Wildman–Crippen LogP) is -1.68. The topological polar surface area (TPSA) is 40.1 Å². The summed E-state index contributed by atoms with van der Waals surface area (Å²) in [5, 5.41) is 9.80. The Balaban J connectivity index is 0. The van der Waals surface area contributed by atoms with Crippen molar-refractivity contribution in [1.29, 1.82) is 0 Å².